The number of alkyl halides is 3. The molecule has 8 nitrogen and oxygen atoms in total. The molecule has 0 radical (unpaired) electrons. The lowest BCUT2D eigenvalue weighted by Gasteiger charge is -2.29. The summed E-state index contributed by atoms with van der Waals surface area (Å²) in [5.74, 6) is -1.59. The molecule has 12 heteroatoms. The predicted molar refractivity (Wildman–Crippen MR) is 127 cm³/mol. The Morgan fingerprint density at radius 3 is 2.43 bits per heavy atom. The van der Waals surface area contributed by atoms with Crippen molar-refractivity contribution < 1.29 is 36.0 Å². The van der Waals surface area contributed by atoms with Crippen LogP contribution in [0.5, 0.6) is 0 Å². The van der Waals surface area contributed by atoms with E-state index in [1.807, 2.05) is 0 Å². The van der Waals surface area contributed by atoms with Gasteiger partial charge in [-0.25, -0.2) is 8.42 Å². The molecule has 4 rings (SSSR count). The summed E-state index contributed by atoms with van der Waals surface area (Å²) in [7, 11) is -3.54. The van der Waals surface area contributed by atoms with Crippen LogP contribution in [0.15, 0.2) is 53.4 Å². The number of halogens is 3. The van der Waals surface area contributed by atoms with Gasteiger partial charge in [0.15, 0.2) is 9.84 Å². The fourth-order valence-corrected chi connectivity index (χ4v) is 5.44. The first-order valence-corrected chi connectivity index (χ1v) is 13.6. The molecule has 2 aromatic carbocycles. The molecule has 2 aromatic rings. The van der Waals surface area contributed by atoms with E-state index in [1.165, 1.54) is 41.3 Å². The van der Waals surface area contributed by atoms with Crippen LogP contribution < -0.4 is 10.6 Å². The number of carbonyl (C=O) groups excluding carboxylic acids is 3. The third-order valence-corrected chi connectivity index (χ3v) is 7.81. The number of carbonyl (C=O) groups is 3. The fraction of sp³-hybridized carbons (Fsp3) is 0.400. The Bertz CT molecular complexity index is 1310. The minimum absolute atomic E-state index is 0.0145. The van der Waals surface area contributed by atoms with Gasteiger partial charge in [-0.3, -0.25) is 14.4 Å². The second-order valence-corrected chi connectivity index (χ2v) is 11.3. The minimum Gasteiger partial charge on any atom is -0.356 e. The second-order valence-electron chi connectivity index (χ2n) is 9.33. The normalized spacial score (nSPS) is 21.0. The SMILES string of the molecule is CS(=O)(=O)c1cccc(C(=O)N2CCC[C@@H]2C(=O)NC(c2ccc(C(F)(F)F)cc2)[C@H]2CNC(=O)C2)c1. The van der Waals surface area contributed by atoms with Crippen LogP contribution in [-0.4, -0.2) is 56.4 Å². The number of rotatable bonds is 6. The second kappa shape index (κ2) is 10.2. The minimum atomic E-state index is -4.51. The van der Waals surface area contributed by atoms with E-state index in [-0.39, 0.29) is 41.8 Å². The summed E-state index contributed by atoms with van der Waals surface area (Å²) in [6.07, 6.45) is -2.47. The molecular weight excluding hydrogens is 511 g/mol. The van der Waals surface area contributed by atoms with Crippen molar-refractivity contribution in [2.45, 2.75) is 42.4 Å². The highest BCUT2D eigenvalue weighted by molar-refractivity contribution is 7.90. The van der Waals surface area contributed by atoms with Crippen LogP contribution in [0.3, 0.4) is 0 Å². The third kappa shape index (κ3) is 5.95. The molecule has 3 amide bonds. The Balaban J connectivity index is 1.56. The molecule has 2 heterocycles. The van der Waals surface area contributed by atoms with Gasteiger partial charge in [-0.15, -0.1) is 0 Å². The Labute approximate surface area is 212 Å². The van der Waals surface area contributed by atoms with Crippen LogP contribution in [0.25, 0.3) is 0 Å². The Hall–Kier alpha value is -3.41. The maximum Gasteiger partial charge on any atom is 0.416 e. The number of hydrogen-bond donors (Lipinski definition) is 2. The van der Waals surface area contributed by atoms with Crippen LogP contribution in [0, 0.1) is 5.92 Å². The van der Waals surface area contributed by atoms with Crippen LogP contribution >= 0.6 is 0 Å². The van der Waals surface area contributed by atoms with E-state index in [0.29, 0.717) is 18.4 Å². The van der Waals surface area contributed by atoms with Gasteiger partial charge in [0.05, 0.1) is 16.5 Å². The summed E-state index contributed by atoms with van der Waals surface area (Å²) in [5.41, 5.74) is -0.280. The van der Waals surface area contributed by atoms with Crippen molar-refractivity contribution in [1.29, 1.82) is 0 Å². The molecule has 1 unspecified atom stereocenters. The first-order valence-electron chi connectivity index (χ1n) is 11.7. The summed E-state index contributed by atoms with van der Waals surface area (Å²) in [5, 5.41) is 5.55. The highest BCUT2D eigenvalue weighted by Gasteiger charge is 2.39. The molecule has 0 aliphatic carbocycles. The molecule has 2 aliphatic heterocycles. The lowest BCUT2D eigenvalue weighted by molar-refractivity contribution is -0.137. The number of sulfone groups is 1. The standard InChI is InChI=1S/C25H26F3N3O5S/c1-37(35,36)19-5-2-4-16(12-19)24(34)31-11-3-6-20(31)23(33)30-22(17-13-21(32)29-14-17)15-7-9-18(10-8-15)25(26,27)28/h2,4-5,7-10,12,17,20,22H,3,6,11,13-14H2,1H3,(H,29,32)(H,30,33)/t17-,20-,22?/m1/s1. The molecule has 0 saturated carbocycles. The van der Waals surface area contributed by atoms with Gasteiger partial charge >= 0.3 is 6.18 Å². The molecule has 3 atom stereocenters. The van der Waals surface area contributed by atoms with E-state index < -0.39 is 45.5 Å². The van der Waals surface area contributed by atoms with Gasteiger partial charge in [0, 0.05) is 37.2 Å². The highest BCUT2D eigenvalue weighted by Crippen LogP contribution is 2.33. The summed E-state index contributed by atoms with van der Waals surface area (Å²) in [6, 6.07) is 8.41. The zero-order valence-corrected chi connectivity index (χ0v) is 20.7. The molecule has 0 bridgehead atoms. The topological polar surface area (TPSA) is 113 Å². The lowest BCUT2D eigenvalue weighted by Crippen LogP contribution is -2.48. The fourth-order valence-electron chi connectivity index (χ4n) is 4.77. The van der Waals surface area contributed by atoms with E-state index in [4.69, 9.17) is 0 Å². The van der Waals surface area contributed by atoms with Crippen LogP contribution in [0.2, 0.25) is 0 Å². The van der Waals surface area contributed by atoms with Crippen LogP contribution in [0.1, 0.15) is 46.8 Å². The van der Waals surface area contributed by atoms with E-state index >= 15 is 0 Å². The van der Waals surface area contributed by atoms with Crippen LogP contribution in [0.4, 0.5) is 13.2 Å². The molecule has 0 spiro atoms. The monoisotopic (exact) mass is 537 g/mol. The first kappa shape index (κ1) is 26.6. The largest absolute Gasteiger partial charge is 0.416 e. The van der Waals surface area contributed by atoms with Gasteiger partial charge in [-0.1, -0.05) is 18.2 Å². The lowest BCUT2D eigenvalue weighted by atomic mass is 9.91. The Morgan fingerprint density at radius 2 is 1.84 bits per heavy atom. The maximum atomic E-state index is 13.4. The highest BCUT2D eigenvalue weighted by atomic mass is 32.2. The summed E-state index contributed by atoms with van der Waals surface area (Å²) < 4.78 is 62.9. The number of amides is 3. The van der Waals surface area contributed by atoms with Gasteiger partial charge in [0.2, 0.25) is 11.8 Å². The average Bonchev–Trinajstić information content (AvgIpc) is 3.50. The molecule has 37 heavy (non-hydrogen) atoms. The number of hydrogen-bond acceptors (Lipinski definition) is 5. The summed E-state index contributed by atoms with van der Waals surface area (Å²) >= 11 is 0. The van der Waals surface area contributed by atoms with Gasteiger partial charge in [-0.05, 0) is 48.7 Å². The summed E-state index contributed by atoms with van der Waals surface area (Å²) in [4.78, 5) is 39.8. The van der Waals surface area contributed by atoms with E-state index in [0.717, 1.165) is 18.4 Å². The Morgan fingerprint density at radius 1 is 1.14 bits per heavy atom. The number of nitrogens with one attached hydrogen (secondary N) is 2. The molecule has 2 fully saturated rings. The predicted octanol–water partition coefficient (Wildman–Crippen LogP) is 2.71. The van der Waals surface area contributed by atoms with Gasteiger partial charge in [0.1, 0.15) is 6.04 Å². The molecule has 198 valence electrons. The van der Waals surface area contributed by atoms with Crippen molar-refractivity contribution in [2.24, 2.45) is 5.92 Å². The van der Waals surface area contributed by atoms with Crippen molar-refractivity contribution in [3.63, 3.8) is 0 Å². The molecular formula is C25H26F3N3O5S. The van der Waals surface area contributed by atoms with Crippen molar-refractivity contribution >= 4 is 27.6 Å². The van der Waals surface area contributed by atoms with Gasteiger partial charge in [0.25, 0.3) is 5.91 Å². The van der Waals surface area contributed by atoms with Gasteiger partial charge < -0.3 is 15.5 Å². The first-order chi connectivity index (χ1) is 17.3. The van der Waals surface area contributed by atoms with Gasteiger partial charge in [-0.2, -0.15) is 13.2 Å². The van der Waals surface area contributed by atoms with E-state index in [2.05, 4.69) is 10.6 Å². The van der Waals surface area contributed by atoms with E-state index in [9.17, 15) is 36.0 Å². The van der Waals surface area contributed by atoms with Crippen molar-refractivity contribution in [3.8, 4) is 0 Å². The Kier molecular flexibility index (Phi) is 7.31. The zero-order valence-electron chi connectivity index (χ0n) is 19.9. The zero-order chi connectivity index (χ0) is 27.0. The van der Waals surface area contributed by atoms with Crippen molar-refractivity contribution in [3.05, 3.63) is 65.2 Å². The smallest absolute Gasteiger partial charge is 0.356 e. The number of likely N-dealkylation sites (tertiary alicyclic amines) is 1. The molecule has 2 N–H and O–H groups in total. The summed E-state index contributed by atoms with van der Waals surface area (Å²) in [6.45, 7) is 0.533. The quantitative estimate of drug-likeness (QED) is 0.589. The van der Waals surface area contributed by atoms with Crippen molar-refractivity contribution in [1.82, 2.24) is 15.5 Å². The van der Waals surface area contributed by atoms with E-state index in [1.54, 1.807) is 0 Å². The molecule has 2 saturated heterocycles. The third-order valence-electron chi connectivity index (χ3n) is 6.70. The average molecular weight is 538 g/mol. The van der Waals surface area contributed by atoms with Crippen LogP contribution in [-0.2, 0) is 25.6 Å². The number of benzene rings is 2. The maximum absolute atomic E-state index is 13.4. The molecule has 2 aliphatic rings. The number of nitrogens with zero attached hydrogens (tertiary/aromatic N) is 1. The van der Waals surface area contributed by atoms with Crippen molar-refractivity contribution in [2.75, 3.05) is 19.3 Å². The molecule has 0 aromatic heterocycles.